The third-order valence-electron chi connectivity index (χ3n) is 6.79. The lowest BCUT2D eigenvalue weighted by Crippen LogP contribution is -2.47. The predicted octanol–water partition coefficient (Wildman–Crippen LogP) is 4.33. The average Bonchev–Trinajstić information content (AvgIpc) is 3.17. The summed E-state index contributed by atoms with van der Waals surface area (Å²) in [5, 5.41) is 0. The van der Waals surface area contributed by atoms with Gasteiger partial charge in [0.1, 0.15) is 15.8 Å². The summed E-state index contributed by atoms with van der Waals surface area (Å²) >= 11 is 6.76. The van der Waals surface area contributed by atoms with Gasteiger partial charge in [-0.25, -0.2) is 4.98 Å². The lowest BCUT2D eigenvalue weighted by atomic mass is 10.1. The van der Waals surface area contributed by atoms with E-state index in [1.54, 1.807) is 21.6 Å². The maximum absolute atomic E-state index is 13.8. The van der Waals surface area contributed by atoms with Gasteiger partial charge in [-0.2, -0.15) is 0 Å². The lowest BCUT2D eigenvalue weighted by Gasteiger charge is -2.36. The number of amides is 1. The van der Waals surface area contributed by atoms with Gasteiger partial charge in [0.15, 0.2) is 0 Å². The Bertz CT molecular complexity index is 1410. The van der Waals surface area contributed by atoms with Crippen LogP contribution >= 0.6 is 24.0 Å². The summed E-state index contributed by atoms with van der Waals surface area (Å²) in [5.41, 5.74) is 3.13. The van der Waals surface area contributed by atoms with Crippen molar-refractivity contribution in [3.63, 3.8) is 0 Å². The highest BCUT2D eigenvalue weighted by molar-refractivity contribution is 8.26. The Labute approximate surface area is 226 Å². The Balaban J connectivity index is 1.47. The minimum atomic E-state index is -0.172. The number of pyridine rings is 1. The van der Waals surface area contributed by atoms with E-state index in [0.29, 0.717) is 32.8 Å². The number of aromatic nitrogens is 2. The van der Waals surface area contributed by atoms with Crippen molar-refractivity contribution in [1.29, 1.82) is 0 Å². The number of thioether (sulfide) groups is 1. The first-order valence-electron chi connectivity index (χ1n) is 12.7. The molecule has 9 heteroatoms. The quantitative estimate of drug-likeness (QED) is 0.331. The molecule has 2 saturated heterocycles. The molecule has 2 fully saturated rings. The number of thiocarbonyl (C=S) groups is 1. The fourth-order valence-electron chi connectivity index (χ4n) is 4.71. The van der Waals surface area contributed by atoms with Crippen LogP contribution in [0.5, 0.6) is 0 Å². The first-order chi connectivity index (χ1) is 17.9. The number of unbranched alkanes of at least 4 members (excludes halogenated alkanes) is 1. The summed E-state index contributed by atoms with van der Waals surface area (Å²) < 4.78 is 2.12. The number of hydrogen-bond donors (Lipinski definition) is 0. The second kappa shape index (κ2) is 11.2. The number of aryl methyl sites for hydroxylation is 1. The summed E-state index contributed by atoms with van der Waals surface area (Å²) in [6.07, 6.45) is 5.38. The SMILES string of the molecule is CCCCN1C(=O)C(=Cc2c(N3CCN(Cc4ccccc4)CC3)nc3ccc(C)cn3c2=O)SC1=S. The third-order valence-corrected chi connectivity index (χ3v) is 8.17. The van der Waals surface area contributed by atoms with E-state index in [1.807, 2.05) is 25.1 Å². The molecule has 192 valence electrons. The monoisotopic (exact) mass is 533 g/mol. The van der Waals surface area contributed by atoms with Gasteiger partial charge in [-0.3, -0.25) is 23.8 Å². The normalized spacial score (nSPS) is 17.9. The van der Waals surface area contributed by atoms with E-state index < -0.39 is 0 Å². The van der Waals surface area contributed by atoms with Gasteiger partial charge in [0, 0.05) is 45.5 Å². The minimum Gasteiger partial charge on any atom is -0.353 e. The van der Waals surface area contributed by atoms with E-state index >= 15 is 0 Å². The van der Waals surface area contributed by atoms with E-state index in [1.165, 1.54) is 17.3 Å². The Kier molecular flexibility index (Phi) is 7.73. The average molecular weight is 534 g/mol. The van der Waals surface area contributed by atoms with E-state index in [2.05, 4.69) is 41.0 Å². The molecule has 0 saturated carbocycles. The van der Waals surface area contributed by atoms with Crippen molar-refractivity contribution in [2.45, 2.75) is 33.2 Å². The number of benzene rings is 1. The first-order valence-corrected chi connectivity index (χ1v) is 14.0. The zero-order valence-electron chi connectivity index (χ0n) is 21.2. The van der Waals surface area contributed by atoms with Gasteiger partial charge < -0.3 is 4.90 Å². The standard InChI is InChI=1S/C28H31N5O2S2/c1-3-4-12-32-27(35)23(37-28(32)36)17-22-25(29-24-11-10-20(2)18-33(24)26(22)34)31-15-13-30(14-16-31)19-21-8-6-5-7-9-21/h5-11,17-18H,3-4,12-16,19H2,1-2H3. The second-order valence-electron chi connectivity index (χ2n) is 9.52. The van der Waals surface area contributed by atoms with Crippen LogP contribution in [0.25, 0.3) is 11.7 Å². The number of anilines is 1. The smallest absolute Gasteiger partial charge is 0.267 e. The predicted molar refractivity (Wildman–Crippen MR) is 155 cm³/mol. The van der Waals surface area contributed by atoms with Gasteiger partial charge in [0.05, 0.1) is 10.5 Å². The zero-order chi connectivity index (χ0) is 25.9. The van der Waals surface area contributed by atoms with Gasteiger partial charge in [0.2, 0.25) is 0 Å². The maximum Gasteiger partial charge on any atom is 0.267 e. The molecule has 5 rings (SSSR count). The van der Waals surface area contributed by atoms with Crippen molar-refractivity contribution in [3.05, 3.63) is 80.6 Å². The molecule has 0 unspecified atom stereocenters. The van der Waals surface area contributed by atoms with Gasteiger partial charge in [-0.15, -0.1) is 0 Å². The van der Waals surface area contributed by atoms with Crippen molar-refractivity contribution in [1.82, 2.24) is 19.2 Å². The Morgan fingerprint density at radius 3 is 2.54 bits per heavy atom. The Morgan fingerprint density at radius 2 is 1.81 bits per heavy atom. The molecule has 2 aliphatic rings. The topological polar surface area (TPSA) is 61.2 Å². The molecule has 3 aromatic rings. The van der Waals surface area contributed by atoms with Gasteiger partial charge in [0.25, 0.3) is 11.5 Å². The summed E-state index contributed by atoms with van der Waals surface area (Å²) in [6, 6.07) is 14.3. The fraction of sp³-hybridized carbons (Fsp3) is 0.357. The summed E-state index contributed by atoms with van der Waals surface area (Å²) in [5.74, 6) is 0.503. The second-order valence-corrected chi connectivity index (χ2v) is 11.2. The molecule has 0 spiro atoms. The summed E-state index contributed by atoms with van der Waals surface area (Å²) in [7, 11) is 0. The number of carbonyl (C=O) groups is 1. The van der Waals surface area contributed by atoms with Crippen LogP contribution in [0.4, 0.5) is 5.82 Å². The molecule has 7 nitrogen and oxygen atoms in total. The van der Waals surface area contributed by atoms with Crippen LogP contribution in [0, 0.1) is 6.92 Å². The molecule has 0 atom stereocenters. The lowest BCUT2D eigenvalue weighted by molar-refractivity contribution is -0.122. The molecule has 1 aromatic carbocycles. The van der Waals surface area contributed by atoms with Gasteiger partial charge in [-0.1, -0.05) is 73.7 Å². The fourth-order valence-corrected chi connectivity index (χ4v) is 6.00. The molecule has 0 radical (unpaired) electrons. The summed E-state index contributed by atoms with van der Waals surface area (Å²) in [4.78, 5) is 38.6. The Morgan fingerprint density at radius 1 is 1.05 bits per heavy atom. The van der Waals surface area contributed by atoms with Crippen LogP contribution < -0.4 is 10.5 Å². The van der Waals surface area contributed by atoms with Gasteiger partial charge in [-0.05, 0) is 36.6 Å². The zero-order valence-corrected chi connectivity index (χ0v) is 22.9. The molecule has 2 aromatic heterocycles. The summed E-state index contributed by atoms with van der Waals surface area (Å²) in [6.45, 7) is 8.76. The number of piperazine rings is 1. The highest BCUT2D eigenvalue weighted by Crippen LogP contribution is 2.34. The third kappa shape index (κ3) is 5.49. The van der Waals surface area contributed by atoms with Crippen LogP contribution in [0.3, 0.4) is 0 Å². The number of fused-ring (bicyclic) bond motifs is 1. The van der Waals surface area contributed by atoms with E-state index in [9.17, 15) is 9.59 Å². The number of hydrogen-bond acceptors (Lipinski definition) is 7. The van der Waals surface area contributed by atoms with Crippen molar-refractivity contribution >= 4 is 51.7 Å². The molecule has 1 amide bonds. The molecule has 0 bridgehead atoms. The van der Waals surface area contributed by atoms with Crippen LogP contribution in [-0.2, 0) is 11.3 Å². The largest absolute Gasteiger partial charge is 0.353 e. The Hall–Kier alpha value is -3.01. The molecule has 4 heterocycles. The highest BCUT2D eigenvalue weighted by Gasteiger charge is 2.32. The van der Waals surface area contributed by atoms with Crippen molar-refractivity contribution < 1.29 is 4.79 Å². The van der Waals surface area contributed by atoms with E-state index in [-0.39, 0.29) is 11.5 Å². The van der Waals surface area contributed by atoms with Gasteiger partial charge >= 0.3 is 0 Å². The highest BCUT2D eigenvalue weighted by atomic mass is 32.2. The number of rotatable bonds is 7. The molecule has 37 heavy (non-hydrogen) atoms. The minimum absolute atomic E-state index is 0.129. The van der Waals surface area contributed by atoms with Crippen molar-refractivity contribution in [3.8, 4) is 0 Å². The number of nitrogens with zero attached hydrogens (tertiary/aromatic N) is 5. The maximum atomic E-state index is 13.8. The van der Waals surface area contributed by atoms with Crippen LogP contribution in [-0.4, -0.2) is 62.1 Å². The van der Waals surface area contributed by atoms with E-state index in [4.69, 9.17) is 17.2 Å². The van der Waals surface area contributed by atoms with Crippen molar-refractivity contribution in [2.24, 2.45) is 0 Å². The van der Waals surface area contributed by atoms with E-state index in [0.717, 1.165) is 51.1 Å². The van der Waals surface area contributed by atoms with Crippen molar-refractivity contribution in [2.75, 3.05) is 37.6 Å². The molecular formula is C28H31N5O2S2. The van der Waals surface area contributed by atoms with Crippen LogP contribution in [0.1, 0.15) is 36.5 Å². The molecule has 2 aliphatic heterocycles. The first kappa shape index (κ1) is 25.6. The van der Waals surface area contributed by atoms with Crippen LogP contribution in [0.15, 0.2) is 58.4 Å². The molecular weight excluding hydrogens is 502 g/mol. The molecule has 0 N–H and O–H groups in total. The molecule has 0 aliphatic carbocycles. The van der Waals surface area contributed by atoms with Crippen LogP contribution in [0.2, 0.25) is 0 Å². The number of carbonyl (C=O) groups excluding carboxylic acids is 1.